The zero-order valence-corrected chi connectivity index (χ0v) is 9.29. The van der Waals surface area contributed by atoms with Crippen molar-refractivity contribution in [2.75, 3.05) is 11.9 Å². The molecule has 0 amide bonds. The molecule has 2 N–H and O–H groups in total. The van der Waals surface area contributed by atoms with Gasteiger partial charge in [0.25, 0.3) is 0 Å². The summed E-state index contributed by atoms with van der Waals surface area (Å²) in [5.74, 6) is 1.86. The van der Waals surface area contributed by atoms with Crippen molar-refractivity contribution in [2.24, 2.45) is 0 Å². The highest BCUT2D eigenvalue weighted by Crippen LogP contribution is 2.16. The van der Waals surface area contributed by atoms with E-state index in [0.29, 0.717) is 18.8 Å². The number of halogens is 1. The fraction of sp³-hybridized carbons (Fsp3) is 0.273. The van der Waals surface area contributed by atoms with E-state index < -0.39 is 5.97 Å². The number of nitrogens with one attached hydrogen (secondary N) is 1. The smallest absolute Gasteiger partial charge is 0.356 e. The largest absolute Gasteiger partial charge is 0.476 e. The van der Waals surface area contributed by atoms with Crippen molar-refractivity contribution in [1.29, 1.82) is 0 Å². The second kappa shape index (κ2) is 5.99. The van der Waals surface area contributed by atoms with Crippen molar-refractivity contribution in [3.05, 3.63) is 22.8 Å². The fourth-order valence-electron chi connectivity index (χ4n) is 1.10. The van der Waals surface area contributed by atoms with Crippen LogP contribution in [-0.2, 0) is 0 Å². The number of aromatic nitrogens is 1. The third kappa shape index (κ3) is 3.44. The number of pyridine rings is 1. The van der Waals surface area contributed by atoms with E-state index in [1.807, 2.05) is 0 Å². The van der Waals surface area contributed by atoms with Crippen LogP contribution in [0.2, 0.25) is 5.02 Å². The maximum absolute atomic E-state index is 10.7. The zero-order chi connectivity index (χ0) is 12.0. The Hall–Kier alpha value is -1.73. The van der Waals surface area contributed by atoms with Crippen molar-refractivity contribution in [2.45, 2.75) is 12.8 Å². The van der Waals surface area contributed by atoms with E-state index in [4.69, 9.17) is 23.1 Å². The van der Waals surface area contributed by atoms with Crippen LogP contribution in [0.15, 0.2) is 12.1 Å². The first kappa shape index (κ1) is 12.3. The molecule has 0 spiro atoms. The Morgan fingerprint density at radius 1 is 1.62 bits per heavy atom. The number of rotatable bonds is 5. The van der Waals surface area contributed by atoms with Gasteiger partial charge >= 0.3 is 5.97 Å². The van der Waals surface area contributed by atoms with E-state index in [1.165, 1.54) is 6.07 Å². The second-order valence-electron chi connectivity index (χ2n) is 3.07. The molecule has 0 unspecified atom stereocenters. The molecule has 0 atom stereocenters. The van der Waals surface area contributed by atoms with Gasteiger partial charge in [-0.05, 0) is 18.6 Å². The number of unbranched alkanes of at least 4 members (excludes halogenated alkanes) is 1. The lowest BCUT2D eigenvalue weighted by Gasteiger charge is -2.05. The molecule has 16 heavy (non-hydrogen) atoms. The average Bonchev–Trinajstić information content (AvgIpc) is 2.26. The Balaban J connectivity index is 2.65. The molecule has 0 aliphatic heterocycles. The van der Waals surface area contributed by atoms with E-state index >= 15 is 0 Å². The molecule has 0 saturated carbocycles. The Labute approximate surface area is 98.6 Å². The monoisotopic (exact) mass is 238 g/mol. The van der Waals surface area contributed by atoms with Crippen LogP contribution in [0.5, 0.6) is 0 Å². The summed E-state index contributed by atoms with van der Waals surface area (Å²) < 4.78 is 0. The summed E-state index contributed by atoms with van der Waals surface area (Å²) in [6.07, 6.45) is 6.58. The van der Waals surface area contributed by atoms with Crippen molar-refractivity contribution in [3.63, 3.8) is 0 Å². The fourth-order valence-corrected chi connectivity index (χ4v) is 1.28. The topological polar surface area (TPSA) is 62.2 Å². The molecule has 0 aliphatic carbocycles. The van der Waals surface area contributed by atoms with Crippen molar-refractivity contribution in [3.8, 4) is 12.3 Å². The number of hydrogen-bond acceptors (Lipinski definition) is 3. The van der Waals surface area contributed by atoms with Crippen molar-refractivity contribution < 1.29 is 9.90 Å². The van der Waals surface area contributed by atoms with Gasteiger partial charge in [0.05, 0.1) is 5.02 Å². The van der Waals surface area contributed by atoms with Crippen LogP contribution in [0.1, 0.15) is 23.3 Å². The number of carbonyl (C=O) groups is 1. The number of nitrogens with zero attached hydrogens (tertiary/aromatic N) is 1. The van der Waals surface area contributed by atoms with E-state index in [9.17, 15) is 4.79 Å². The van der Waals surface area contributed by atoms with E-state index in [1.54, 1.807) is 6.07 Å². The SMILES string of the molecule is C#CCCCNc1ccc(Cl)c(C(=O)O)n1. The van der Waals surface area contributed by atoms with Crippen LogP contribution in [0.4, 0.5) is 5.82 Å². The van der Waals surface area contributed by atoms with Crippen LogP contribution in [0.25, 0.3) is 0 Å². The van der Waals surface area contributed by atoms with Gasteiger partial charge in [-0.3, -0.25) is 0 Å². The number of hydrogen-bond donors (Lipinski definition) is 2. The number of carboxylic acid groups (broad SMARTS) is 1. The molecular weight excluding hydrogens is 228 g/mol. The first-order chi connectivity index (χ1) is 7.65. The van der Waals surface area contributed by atoms with E-state index in [0.717, 1.165) is 6.42 Å². The average molecular weight is 239 g/mol. The normalized spacial score (nSPS) is 9.50. The lowest BCUT2D eigenvalue weighted by molar-refractivity contribution is 0.0691. The lowest BCUT2D eigenvalue weighted by Crippen LogP contribution is -2.07. The Morgan fingerprint density at radius 2 is 2.38 bits per heavy atom. The minimum atomic E-state index is -1.14. The molecule has 5 heteroatoms. The molecule has 1 rings (SSSR count). The summed E-state index contributed by atoms with van der Waals surface area (Å²) in [5, 5.41) is 11.9. The molecular formula is C11H11ClN2O2. The predicted molar refractivity (Wildman–Crippen MR) is 62.8 cm³/mol. The summed E-state index contributed by atoms with van der Waals surface area (Å²) in [7, 11) is 0. The Bertz CT molecular complexity index is 426. The predicted octanol–water partition coefficient (Wildman–Crippen LogP) is 2.26. The molecule has 84 valence electrons. The van der Waals surface area contributed by atoms with Gasteiger partial charge in [-0.25, -0.2) is 9.78 Å². The summed E-state index contributed by atoms with van der Waals surface area (Å²) in [4.78, 5) is 14.6. The summed E-state index contributed by atoms with van der Waals surface area (Å²) in [6.45, 7) is 0.651. The highest BCUT2D eigenvalue weighted by Gasteiger charge is 2.10. The standard InChI is InChI=1S/C11H11ClN2O2/c1-2-3-4-7-13-9-6-5-8(12)10(14-9)11(15)16/h1,5-6H,3-4,7H2,(H,13,14)(H,15,16). The first-order valence-corrected chi connectivity index (χ1v) is 5.10. The molecule has 0 aromatic carbocycles. The maximum atomic E-state index is 10.7. The highest BCUT2D eigenvalue weighted by molar-refractivity contribution is 6.33. The minimum Gasteiger partial charge on any atom is -0.476 e. The third-order valence-corrected chi connectivity index (χ3v) is 2.16. The van der Waals surface area contributed by atoms with Gasteiger partial charge in [0, 0.05) is 13.0 Å². The number of aromatic carboxylic acids is 1. The molecule has 4 nitrogen and oxygen atoms in total. The van der Waals surface area contributed by atoms with E-state index in [-0.39, 0.29) is 10.7 Å². The molecule has 1 aromatic rings. The second-order valence-corrected chi connectivity index (χ2v) is 3.47. The van der Waals surface area contributed by atoms with E-state index in [2.05, 4.69) is 16.2 Å². The van der Waals surface area contributed by atoms with Gasteiger partial charge in [0.2, 0.25) is 0 Å². The maximum Gasteiger partial charge on any atom is 0.356 e. The molecule has 1 aromatic heterocycles. The zero-order valence-electron chi connectivity index (χ0n) is 8.53. The van der Waals surface area contributed by atoms with Crippen LogP contribution < -0.4 is 5.32 Å². The quantitative estimate of drug-likeness (QED) is 0.610. The molecule has 0 radical (unpaired) electrons. The first-order valence-electron chi connectivity index (χ1n) is 4.72. The van der Waals surface area contributed by atoms with Gasteiger partial charge in [0.15, 0.2) is 5.69 Å². The Morgan fingerprint density at radius 3 is 3.00 bits per heavy atom. The van der Waals surface area contributed by atoms with Crippen LogP contribution in [0, 0.1) is 12.3 Å². The van der Waals surface area contributed by atoms with Gasteiger partial charge in [-0.2, -0.15) is 0 Å². The number of carboxylic acids is 1. The molecule has 1 heterocycles. The van der Waals surface area contributed by atoms with Gasteiger partial charge in [-0.15, -0.1) is 12.3 Å². The van der Waals surface area contributed by atoms with Crippen molar-refractivity contribution in [1.82, 2.24) is 4.98 Å². The van der Waals surface area contributed by atoms with Gasteiger partial charge < -0.3 is 10.4 Å². The van der Waals surface area contributed by atoms with Crippen LogP contribution >= 0.6 is 11.6 Å². The molecule has 0 aliphatic rings. The lowest BCUT2D eigenvalue weighted by atomic mass is 10.3. The third-order valence-electron chi connectivity index (χ3n) is 1.85. The van der Waals surface area contributed by atoms with Crippen LogP contribution in [-0.4, -0.2) is 22.6 Å². The Kier molecular flexibility index (Phi) is 4.62. The van der Waals surface area contributed by atoms with Gasteiger partial charge in [0.1, 0.15) is 5.82 Å². The van der Waals surface area contributed by atoms with Crippen LogP contribution in [0.3, 0.4) is 0 Å². The summed E-state index contributed by atoms with van der Waals surface area (Å²) in [5.41, 5.74) is -0.149. The minimum absolute atomic E-state index is 0.127. The van der Waals surface area contributed by atoms with Crippen molar-refractivity contribution >= 4 is 23.4 Å². The molecule has 0 fully saturated rings. The number of terminal acetylenes is 1. The molecule has 0 bridgehead atoms. The summed E-state index contributed by atoms with van der Waals surface area (Å²) in [6, 6.07) is 3.13. The number of anilines is 1. The van der Waals surface area contributed by atoms with Gasteiger partial charge in [-0.1, -0.05) is 11.6 Å². The molecule has 0 saturated heterocycles. The summed E-state index contributed by atoms with van der Waals surface area (Å²) >= 11 is 5.68. The highest BCUT2D eigenvalue weighted by atomic mass is 35.5.